The number of carbonyl (C=O) groups is 1. The lowest BCUT2D eigenvalue weighted by atomic mass is 9.88. The second-order valence-corrected chi connectivity index (χ2v) is 4.03. The lowest BCUT2D eigenvalue weighted by molar-refractivity contribution is -0.139. The van der Waals surface area contributed by atoms with Gasteiger partial charge >= 0.3 is 5.97 Å². The summed E-state index contributed by atoms with van der Waals surface area (Å²) in [6.07, 6.45) is 1.48. The van der Waals surface area contributed by atoms with Crippen LogP contribution >= 0.6 is 0 Å². The number of carboxylic acid groups (broad SMARTS) is 1. The smallest absolute Gasteiger partial charge is 0.311 e. The molecule has 94 valence electrons. The van der Waals surface area contributed by atoms with Crippen LogP contribution in [0.4, 0.5) is 0 Å². The normalized spacial score (nSPS) is 12.3. The number of aromatic nitrogens is 1. The monoisotopic (exact) mass is 239 g/mol. The molecule has 0 aromatic carbocycles. The summed E-state index contributed by atoms with van der Waals surface area (Å²) in [5, 5.41) is 9.26. The third kappa shape index (κ3) is 2.87. The van der Waals surface area contributed by atoms with Crippen molar-refractivity contribution in [3.63, 3.8) is 0 Å². The summed E-state index contributed by atoms with van der Waals surface area (Å²) >= 11 is 0. The molecule has 1 N–H and O–H groups in total. The number of carboxylic acids is 1. The fourth-order valence-electron chi connectivity index (χ4n) is 1.74. The minimum Gasteiger partial charge on any atom is -0.495 e. The second kappa shape index (κ2) is 5.52. The molecular weight excluding hydrogens is 222 g/mol. The Morgan fingerprint density at radius 2 is 2.00 bits per heavy atom. The van der Waals surface area contributed by atoms with E-state index < -0.39 is 11.9 Å². The van der Waals surface area contributed by atoms with E-state index >= 15 is 0 Å². The highest BCUT2D eigenvalue weighted by Crippen LogP contribution is 2.33. The van der Waals surface area contributed by atoms with E-state index in [1.54, 1.807) is 6.07 Å². The topological polar surface area (TPSA) is 68.7 Å². The first-order valence-corrected chi connectivity index (χ1v) is 5.32. The lowest BCUT2D eigenvalue weighted by Crippen LogP contribution is -2.18. The van der Waals surface area contributed by atoms with Gasteiger partial charge < -0.3 is 14.6 Å². The molecule has 5 nitrogen and oxygen atoms in total. The number of methoxy groups -OCH3 is 2. The van der Waals surface area contributed by atoms with Gasteiger partial charge in [-0.25, -0.2) is 4.98 Å². The van der Waals surface area contributed by atoms with Gasteiger partial charge in [-0.2, -0.15) is 0 Å². The Balaban J connectivity index is 3.28. The molecular formula is C12H17NO4. The summed E-state index contributed by atoms with van der Waals surface area (Å²) in [5.41, 5.74) is 0.585. The van der Waals surface area contributed by atoms with Crippen LogP contribution in [0.3, 0.4) is 0 Å². The molecule has 0 amide bonds. The van der Waals surface area contributed by atoms with Crippen LogP contribution in [0.5, 0.6) is 11.6 Å². The first kappa shape index (κ1) is 13.3. The molecule has 1 heterocycles. The lowest BCUT2D eigenvalue weighted by Gasteiger charge is -2.19. The zero-order chi connectivity index (χ0) is 13.0. The summed E-state index contributed by atoms with van der Waals surface area (Å²) in [4.78, 5) is 15.3. The SMILES string of the molecule is COc1cc(C(C(=O)O)C(C)C)c(OC)cn1. The van der Waals surface area contributed by atoms with Crippen LogP contribution in [-0.4, -0.2) is 30.3 Å². The third-order valence-electron chi connectivity index (χ3n) is 2.57. The fraction of sp³-hybridized carbons (Fsp3) is 0.500. The Hall–Kier alpha value is -1.78. The zero-order valence-corrected chi connectivity index (χ0v) is 10.4. The second-order valence-electron chi connectivity index (χ2n) is 4.03. The van der Waals surface area contributed by atoms with Gasteiger partial charge in [-0.3, -0.25) is 4.79 Å². The summed E-state index contributed by atoms with van der Waals surface area (Å²) < 4.78 is 10.1. The van der Waals surface area contributed by atoms with Crippen molar-refractivity contribution in [3.8, 4) is 11.6 Å². The number of hydrogen-bond acceptors (Lipinski definition) is 4. The van der Waals surface area contributed by atoms with Crippen molar-refractivity contribution in [2.24, 2.45) is 5.92 Å². The summed E-state index contributed by atoms with van der Waals surface area (Å²) in [6, 6.07) is 1.61. The van der Waals surface area contributed by atoms with Crippen molar-refractivity contribution in [3.05, 3.63) is 17.8 Å². The first-order valence-electron chi connectivity index (χ1n) is 5.32. The van der Waals surface area contributed by atoms with Gasteiger partial charge in [0.25, 0.3) is 0 Å². The molecule has 0 radical (unpaired) electrons. The van der Waals surface area contributed by atoms with E-state index in [9.17, 15) is 9.90 Å². The highest BCUT2D eigenvalue weighted by molar-refractivity contribution is 5.77. The van der Waals surface area contributed by atoms with Crippen molar-refractivity contribution in [2.75, 3.05) is 14.2 Å². The molecule has 0 fully saturated rings. The minimum atomic E-state index is -0.883. The molecule has 0 aliphatic carbocycles. The van der Waals surface area contributed by atoms with Crippen molar-refractivity contribution in [2.45, 2.75) is 19.8 Å². The predicted octanol–water partition coefficient (Wildman–Crippen LogP) is 1.92. The number of rotatable bonds is 5. The molecule has 1 rings (SSSR count). The summed E-state index contributed by atoms with van der Waals surface area (Å²) in [7, 11) is 2.98. The van der Waals surface area contributed by atoms with Gasteiger partial charge in [-0.1, -0.05) is 13.8 Å². The van der Waals surface area contributed by atoms with Gasteiger partial charge in [-0.05, 0) is 5.92 Å². The molecule has 0 spiro atoms. The Morgan fingerprint density at radius 1 is 1.35 bits per heavy atom. The van der Waals surface area contributed by atoms with Crippen LogP contribution in [0.25, 0.3) is 0 Å². The van der Waals surface area contributed by atoms with Crippen molar-refractivity contribution in [1.82, 2.24) is 4.98 Å². The van der Waals surface area contributed by atoms with Gasteiger partial charge in [0.05, 0.1) is 26.3 Å². The molecule has 1 aromatic heterocycles. The number of pyridine rings is 1. The van der Waals surface area contributed by atoms with Crippen LogP contribution in [-0.2, 0) is 4.79 Å². The maximum Gasteiger partial charge on any atom is 0.311 e. The first-order chi connectivity index (χ1) is 8.01. The van der Waals surface area contributed by atoms with E-state index in [-0.39, 0.29) is 5.92 Å². The van der Waals surface area contributed by atoms with Gasteiger partial charge in [-0.15, -0.1) is 0 Å². The van der Waals surface area contributed by atoms with Gasteiger partial charge in [0.15, 0.2) is 0 Å². The molecule has 17 heavy (non-hydrogen) atoms. The minimum absolute atomic E-state index is 0.0477. The zero-order valence-electron chi connectivity index (χ0n) is 10.4. The Kier molecular flexibility index (Phi) is 4.31. The molecule has 1 aromatic rings. The molecule has 0 aliphatic heterocycles. The van der Waals surface area contributed by atoms with E-state index in [1.807, 2.05) is 13.8 Å². The molecule has 1 atom stereocenters. The molecule has 0 aliphatic rings. The quantitative estimate of drug-likeness (QED) is 0.850. The van der Waals surface area contributed by atoms with E-state index in [1.165, 1.54) is 20.4 Å². The number of ether oxygens (including phenoxy) is 2. The highest BCUT2D eigenvalue weighted by atomic mass is 16.5. The summed E-state index contributed by atoms with van der Waals surface area (Å²) in [6.45, 7) is 3.70. The highest BCUT2D eigenvalue weighted by Gasteiger charge is 2.27. The van der Waals surface area contributed by atoms with Gasteiger partial charge in [0.2, 0.25) is 5.88 Å². The third-order valence-corrected chi connectivity index (χ3v) is 2.57. The molecule has 1 unspecified atom stereocenters. The van der Waals surface area contributed by atoms with Crippen molar-refractivity contribution >= 4 is 5.97 Å². The van der Waals surface area contributed by atoms with Gasteiger partial charge in [0, 0.05) is 11.6 Å². The Labute approximate surface area is 100 Å². The maximum absolute atomic E-state index is 11.3. The number of hydrogen-bond donors (Lipinski definition) is 1. The fourth-order valence-corrected chi connectivity index (χ4v) is 1.74. The van der Waals surface area contributed by atoms with E-state index in [0.29, 0.717) is 17.2 Å². The Morgan fingerprint density at radius 3 is 2.41 bits per heavy atom. The maximum atomic E-state index is 11.3. The van der Waals surface area contributed by atoms with Crippen LogP contribution in [0, 0.1) is 5.92 Å². The van der Waals surface area contributed by atoms with Crippen molar-refractivity contribution in [1.29, 1.82) is 0 Å². The van der Waals surface area contributed by atoms with E-state index in [4.69, 9.17) is 9.47 Å². The molecule has 5 heteroatoms. The summed E-state index contributed by atoms with van der Waals surface area (Å²) in [5.74, 6) is -0.721. The van der Waals surface area contributed by atoms with Gasteiger partial charge in [0.1, 0.15) is 5.75 Å². The number of aliphatic carboxylic acids is 1. The molecule has 0 bridgehead atoms. The van der Waals surface area contributed by atoms with Crippen LogP contribution in [0.1, 0.15) is 25.3 Å². The van der Waals surface area contributed by atoms with E-state index in [0.717, 1.165) is 0 Å². The molecule has 0 saturated carbocycles. The van der Waals surface area contributed by atoms with Crippen molar-refractivity contribution < 1.29 is 19.4 Å². The number of nitrogens with zero attached hydrogens (tertiary/aromatic N) is 1. The van der Waals surface area contributed by atoms with E-state index in [2.05, 4.69) is 4.98 Å². The van der Waals surface area contributed by atoms with Crippen LogP contribution < -0.4 is 9.47 Å². The standard InChI is InChI=1S/C12H17NO4/c1-7(2)11(12(14)15)8-5-10(17-4)13-6-9(8)16-3/h5-7,11H,1-4H3,(H,14,15). The average molecular weight is 239 g/mol. The Bertz CT molecular complexity index is 403. The van der Waals surface area contributed by atoms with Crippen LogP contribution in [0.15, 0.2) is 12.3 Å². The molecule has 0 saturated heterocycles. The average Bonchev–Trinajstić information content (AvgIpc) is 2.28. The predicted molar refractivity (Wildman–Crippen MR) is 62.6 cm³/mol. The largest absolute Gasteiger partial charge is 0.495 e. The van der Waals surface area contributed by atoms with Crippen LogP contribution in [0.2, 0.25) is 0 Å².